The number of amides is 1. The third-order valence-electron chi connectivity index (χ3n) is 4.80. The number of anilines is 1. The van der Waals surface area contributed by atoms with E-state index in [0.717, 1.165) is 57.3 Å². The minimum atomic E-state index is -0.311. The molecule has 142 valence electrons. The zero-order chi connectivity index (χ0) is 18.4. The molecule has 0 bridgehead atoms. The fraction of sp³-hybridized carbons (Fsp3) is 0.556. The van der Waals surface area contributed by atoms with Crippen LogP contribution in [0.5, 0.6) is 0 Å². The van der Waals surface area contributed by atoms with Crippen molar-refractivity contribution in [2.45, 2.75) is 18.9 Å². The van der Waals surface area contributed by atoms with E-state index in [0.29, 0.717) is 12.2 Å². The fourth-order valence-corrected chi connectivity index (χ4v) is 3.55. The number of ether oxygens (including phenoxy) is 1. The normalized spacial score (nSPS) is 20.8. The maximum Gasteiger partial charge on any atom is 0.279 e. The van der Waals surface area contributed by atoms with Gasteiger partial charge >= 0.3 is 0 Å². The first-order valence-corrected chi connectivity index (χ1v) is 9.54. The molecule has 1 aromatic rings. The summed E-state index contributed by atoms with van der Waals surface area (Å²) >= 11 is 5.47. The van der Waals surface area contributed by atoms with E-state index in [2.05, 4.69) is 15.5 Å². The molecule has 1 aromatic carbocycles. The molecule has 0 spiro atoms. The van der Waals surface area contributed by atoms with Gasteiger partial charge in [-0.15, -0.1) is 0 Å². The van der Waals surface area contributed by atoms with Crippen LogP contribution in [0.25, 0.3) is 0 Å². The molecule has 3 N–H and O–H groups in total. The van der Waals surface area contributed by atoms with Gasteiger partial charge in [-0.2, -0.15) is 0 Å². The molecule has 3 rings (SSSR count). The molecule has 6 nitrogen and oxygen atoms in total. The number of nitrogens with zero attached hydrogens (tertiary/aromatic N) is 1. The van der Waals surface area contributed by atoms with E-state index in [4.69, 9.17) is 17.0 Å². The number of piperazine rings is 1. The van der Waals surface area contributed by atoms with Crippen LogP contribution in [0.3, 0.4) is 0 Å². The zero-order valence-corrected chi connectivity index (χ0v) is 15.6. The van der Waals surface area contributed by atoms with E-state index >= 15 is 0 Å². The molecule has 0 radical (unpaired) electrons. The van der Waals surface area contributed by atoms with Crippen LogP contribution in [0.15, 0.2) is 24.3 Å². The Balaban J connectivity index is 1.35. The van der Waals surface area contributed by atoms with Crippen LogP contribution in [-0.4, -0.2) is 67.9 Å². The van der Waals surface area contributed by atoms with E-state index in [1.165, 1.54) is 17.0 Å². The molecule has 0 unspecified atom stereocenters. The first kappa shape index (κ1) is 19.0. The highest BCUT2D eigenvalue weighted by Gasteiger charge is 2.24. The molecule has 26 heavy (non-hydrogen) atoms. The maximum atomic E-state index is 12.9. The van der Waals surface area contributed by atoms with Crippen LogP contribution in [0.4, 0.5) is 10.1 Å². The monoisotopic (exact) mass is 381 g/mol. The van der Waals surface area contributed by atoms with Gasteiger partial charge in [0.15, 0.2) is 11.7 Å². The zero-order valence-electron chi connectivity index (χ0n) is 14.8. The van der Waals surface area contributed by atoms with Crippen LogP contribution in [0.2, 0.25) is 0 Å². The van der Waals surface area contributed by atoms with Gasteiger partial charge < -0.3 is 25.2 Å². The Morgan fingerprint density at radius 3 is 2.69 bits per heavy atom. The SMILES string of the molecule is O=C(C[NH+]1CCN(C(=S)NC[C@@H]2CCCO2)CC1)Nc1ccc(F)cc1. The summed E-state index contributed by atoms with van der Waals surface area (Å²) in [6, 6.07) is 5.81. The summed E-state index contributed by atoms with van der Waals surface area (Å²) in [5.41, 5.74) is 0.619. The number of rotatable bonds is 5. The van der Waals surface area contributed by atoms with Crippen molar-refractivity contribution < 1.29 is 18.8 Å². The molecule has 8 heteroatoms. The molecule has 1 amide bonds. The molecule has 0 aromatic heterocycles. The number of carbonyl (C=O) groups is 1. The van der Waals surface area contributed by atoms with Gasteiger partial charge in [-0.1, -0.05) is 0 Å². The van der Waals surface area contributed by atoms with Crippen LogP contribution in [0, 0.1) is 5.82 Å². The number of quaternary nitrogens is 1. The minimum Gasteiger partial charge on any atom is -0.376 e. The summed E-state index contributed by atoms with van der Waals surface area (Å²) in [4.78, 5) is 15.5. The van der Waals surface area contributed by atoms with Crippen LogP contribution in [-0.2, 0) is 9.53 Å². The highest BCUT2D eigenvalue weighted by atomic mass is 32.1. The Kier molecular flexibility index (Phi) is 6.76. The number of halogens is 1. The average Bonchev–Trinajstić information content (AvgIpc) is 3.16. The lowest BCUT2D eigenvalue weighted by Crippen LogP contribution is -3.15. The summed E-state index contributed by atoms with van der Waals surface area (Å²) in [5, 5.41) is 6.88. The van der Waals surface area contributed by atoms with E-state index < -0.39 is 0 Å². The molecule has 2 fully saturated rings. The van der Waals surface area contributed by atoms with Crippen molar-refractivity contribution >= 4 is 28.9 Å². The van der Waals surface area contributed by atoms with Crippen molar-refractivity contribution in [2.75, 3.05) is 51.2 Å². The van der Waals surface area contributed by atoms with Crippen LogP contribution in [0.1, 0.15) is 12.8 Å². The van der Waals surface area contributed by atoms with Crippen molar-refractivity contribution in [2.24, 2.45) is 0 Å². The number of hydrogen-bond acceptors (Lipinski definition) is 3. The van der Waals surface area contributed by atoms with E-state index in [9.17, 15) is 9.18 Å². The Morgan fingerprint density at radius 2 is 2.04 bits per heavy atom. The Labute approximate surface area is 158 Å². The lowest BCUT2D eigenvalue weighted by Gasteiger charge is -2.33. The number of nitrogens with one attached hydrogen (secondary N) is 3. The third kappa shape index (κ3) is 5.62. The van der Waals surface area contributed by atoms with Gasteiger partial charge in [0.1, 0.15) is 5.82 Å². The third-order valence-corrected chi connectivity index (χ3v) is 5.20. The van der Waals surface area contributed by atoms with E-state index in [1.807, 2.05) is 0 Å². The fourth-order valence-electron chi connectivity index (χ4n) is 3.29. The topological polar surface area (TPSA) is 58.0 Å². The summed E-state index contributed by atoms with van der Waals surface area (Å²) in [6.45, 7) is 5.40. The molecule has 0 aliphatic carbocycles. The summed E-state index contributed by atoms with van der Waals surface area (Å²) in [7, 11) is 0. The molecule has 2 saturated heterocycles. The summed E-state index contributed by atoms with van der Waals surface area (Å²) < 4.78 is 18.5. The van der Waals surface area contributed by atoms with Crippen molar-refractivity contribution in [1.82, 2.24) is 10.2 Å². The van der Waals surface area contributed by atoms with Crippen molar-refractivity contribution in [3.8, 4) is 0 Å². The molecule has 0 saturated carbocycles. The summed E-state index contributed by atoms with van der Waals surface area (Å²) in [6.07, 6.45) is 2.49. The van der Waals surface area contributed by atoms with Crippen molar-refractivity contribution in [3.05, 3.63) is 30.1 Å². The number of hydrogen-bond donors (Lipinski definition) is 3. The van der Waals surface area contributed by atoms with Gasteiger partial charge in [0.25, 0.3) is 5.91 Å². The number of carbonyl (C=O) groups excluding carboxylic acids is 1. The first-order valence-electron chi connectivity index (χ1n) is 9.13. The molecule has 2 aliphatic heterocycles. The number of thiocarbonyl (C=S) groups is 1. The molecular weight excluding hydrogens is 355 g/mol. The highest BCUT2D eigenvalue weighted by Crippen LogP contribution is 2.10. The smallest absolute Gasteiger partial charge is 0.279 e. The van der Waals surface area contributed by atoms with E-state index in [-0.39, 0.29) is 17.8 Å². The van der Waals surface area contributed by atoms with Crippen LogP contribution >= 0.6 is 12.2 Å². The predicted octanol–water partition coefficient (Wildman–Crippen LogP) is 0.0182. The molecule has 2 heterocycles. The van der Waals surface area contributed by atoms with Gasteiger partial charge in [0.2, 0.25) is 0 Å². The minimum absolute atomic E-state index is 0.0564. The summed E-state index contributed by atoms with van der Waals surface area (Å²) in [5.74, 6) is -0.368. The number of benzene rings is 1. The van der Waals surface area contributed by atoms with Crippen molar-refractivity contribution in [3.63, 3.8) is 0 Å². The van der Waals surface area contributed by atoms with E-state index in [1.54, 1.807) is 12.1 Å². The Morgan fingerprint density at radius 1 is 1.31 bits per heavy atom. The Hall–Kier alpha value is -1.77. The second-order valence-electron chi connectivity index (χ2n) is 6.79. The lowest BCUT2D eigenvalue weighted by molar-refractivity contribution is -0.895. The average molecular weight is 381 g/mol. The maximum absolute atomic E-state index is 12.9. The van der Waals surface area contributed by atoms with Gasteiger partial charge in [-0.05, 0) is 49.3 Å². The first-order chi connectivity index (χ1) is 12.6. The lowest BCUT2D eigenvalue weighted by atomic mass is 10.2. The second kappa shape index (κ2) is 9.25. The largest absolute Gasteiger partial charge is 0.376 e. The quantitative estimate of drug-likeness (QED) is 0.628. The predicted molar refractivity (Wildman–Crippen MR) is 102 cm³/mol. The highest BCUT2D eigenvalue weighted by molar-refractivity contribution is 7.80. The second-order valence-corrected chi connectivity index (χ2v) is 7.18. The van der Waals surface area contributed by atoms with Gasteiger partial charge in [0, 0.05) is 18.8 Å². The van der Waals surface area contributed by atoms with Crippen molar-refractivity contribution in [1.29, 1.82) is 0 Å². The van der Waals surface area contributed by atoms with Gasteiger partial charge in [-0.25, -0.2) is 4.39 Å². The van der Waals surface area contributed by atoms with Crippen LogP contribution < -0.4 is 15.5 Å². The standard InChI is InChI=1S/C18H25FN4O2S/c19-14-3-5-15(6-4-14)21-17(24)13-22-7-9-23(10-8-22)18(26)20-12-16-2-1-11-25-16/h3-6,16H,1-2,7-13H2,(H,20,26)(H,21,24)/p+1/t16-/m0/s1. The van der Waals surface area contributed by atoms with Gasteiger partial charge in [-0.3, -0.25) is 4.79 Å². The molecule has 2 aliphatic rings. The molecular formula is C18H26FN4O2S+. The Bertz CT molecular complexity index is 614. The molecule has 1 atom stereocenters. The van der Waals surface area contributed by atoms with Gasteiger partial charge in [0.05, 0.1) is 32.3 Å².